The highest BCUT2D eigenvalue weighted by Crippen LogP contribution is 2.23. The number of benzene rings is 1. The fourth-order valence-corrected chi connectivity index (χ4v) is 2.19. The molecule has 0 fully saturated rings. The summed E-state index contributed by atoms with van der Waals surface area (Å²) in [4.78, 5) is 12.6. The van der Waals surface area contributed by atoms with Crippen LogP contribution in [0.1, 0.15) is 35.0 Å². The van der Waals surface area contributed by atoms with E-state index in [1.54, 1.807) is 16.8 Å². The van der Waals surface area contributed by atoms with Crippen molar-refractivity contribution < 1.29 is 4.79 Å². The smallest absolute Gasteiger partial charge is 0.214 e. The molecule has 19 heavy (non-hydrogen) atoms. The highest BCUT2D eigenvalue weighted by Gasteiger charge is 2.20. The number of nitrogens with zero attached hydrogens (tertiary/aromatic N) is 2. The van der Waals surface area contributed by atoms with Crippen LogP contribution in [0, 0.1) is 6.92 Å². The van der Waals surface area contributed by atoms with Gasteiger partial charge in [-0.1, -0.05) is 30.2 Å². The standard InChI is InChI=1S/C14H16ClN3O/c1-3-6-18-13(11(15)8-17-18)14(19)10-7-9(2)4-5-12(10)16/h4-5,7-8H,3,6,16H2,1-2H3. The number of carbonyl (C=O) groups excluding carboxylic acids is 1. The summed E-state index contributed by atoms with van der Waals surface area (Å²) in [5.74, 6) is -0.183. The van der Waals surface area contributed by atoms with Crippen LogP contribution in [0.5, 0.6) is 0 Å². The SMILES string of the molecule is CCCn1ncc(Cl)c1C(=O)c1cc(C)ccc1N. The number of nitrogens with two attached hydrogens (primary N) is 1. The van der Waals surface area contributed by atoms with Gasteiger partial charge in [-0.3, -0.25) is 9.48 Å². The van der Waals surface area contributed by atoms with Crippen LogP contribution >= 0.6 is 11.6 Å². The van der Waals surface area contributed by atoms with Crippen molar-refractivity contribution in [2.45, 2.75) is 26.8 Å². The van der Waals surface area contributed by atoms with Gasteiger partial charge in [-0.2, -0.15) is 5.10 Å². The van der Waals surface area contributed by atoms with Crippen molar-refractivity contribution in [2.75, 3.05) is 5.73 Å². The molecule has 0 unspecified atom stereocenters. The molecular weight excluding hydrogens is 262 g/mol. The number of aromatic nitrogens is 2. The molecule has 0 radical (unpaired) electrons. The molecule has 0 aliphatic heterocycles. The van der Waals surface area contributed by atoms with Crippen LogP contribution in [0.15, 0.2) is 24.4 Å². The molecule has 0 aliphatic carbocycles. The predicted molar refractivity (Wildman–Crippen MR) is 76.6 cm³/mol. The predicted octanol–water partition coefficient (Wildman–Crippen LogP) is 3.07. The van der Waals surface area contributed by atoms with Crippen molar-refractivity contribution in [1.82, 2.24) is 9.78 Å². The van der Waals surface area contributed by atoms with Gasteiger partial charge in [0.15, 0.2) is 0 Å². The molecule has 5 heteroatoms. The summed E-state index contributed by atoms with van der Waals surface area (Å²) in [6, 6.07) is 5.38. The second kappa shape index (κ2) is 5.45. The van der Waals surface area contributed by atoms with E-state index in [9.17, 15) is 4.79 Å². The summed E-state index contributed by atoms with van der Waals surface area (Å²) >= 11 is 6.07. The summed E-state index contributed by atoms with van der Waals surface area (Å²) in [6.45, 7) is 4.59. The minimum Gasteiger partial charge on any atom is -0.398 e. The number of hydrogen-bond acceptors (Lipinski definition) is 3. The molecule has 100 valence electrons. The van der Waals surface area contributed by atoms with Crippen LogP contribution in [-0.4, -0.2) is 15.6 Å². The molecule has 2 N–H and O–H groups in total. The maximum Gasteiger partial charge on any atom is 0.214 e. The van der Waals surface area contributed by atoms with Crippen LogP contribution in [0.2, 0.25) is 5.02 Å². The largest absolute Gasteiger partial charge is 0.398 e. The third-order valence-corrected chi connectivity index (χ3v) is 3.18. The second-order valence-electron chi connectivity index (χ2n) is 4.48. The van der Waals surface area contributed by atoms with E-state index in [2.05, 4.69) is 5.10 Å². The normalized spacial score (nSPS) is 10.7. The molecule has 0 amide bonds. The molecule has 2 aromatic rings. The molecule has 0 aliphatic rings. The quantitative estimate of drug-likeness (QED) is 0.690. The van der Waals surface area contributed by atoms with Crippen molar-refractivity contribution in [2.24, 2.45) is 0 Å². The highest BCUT2D eigenvalue weighted by molar-refractivity contribution is 6.34. The molecule has 1 heterocycles. The first-order valence-corrected chi connectivity index (χ1v) is 6.54. The maximum absolute atomic E-state index is 12.6. The van der Waals surface area contributed by atoms with Gasteiger partial charge in [0, 0.05) is 17.8 Å². The van der Waals surface area contributed by atoms with Gasteiger partial charge in [0.2, 0.25) is 5.78 Å². The Hall–Kier alpha value is -1.81. The number of nitrogen functional groups attached to an aromatic ring is 1. The fraction of sp³-hybridized carbons (Fsp3) is 0.286. The Balaban J connectivity index is 2.49. The van der Waals surface area contributed by atoms with E-state index < -0.39 is 0 Å². The Morgan fingerprint density at radius 2 is 2.21 bits per heavy atom. The first-order valence-electron chi connectivity index (χ1n) is 6.16. The zero-order valence-corrected chi connectivity index (χ0v) is 11.7. The van der Waals surface area contributed by atoms with Crippen molar-refractivity contribution in [3.63, 3.8) is 0 Å². The average molecular weight is 278 g/mol. The first kappa shape index (κ1) is 13.6. The van der Waals surface area contributed by atoms with E-state index in [4.69, 9.17) is 17.3 Å². The minimum absolute atomic E-state index is 0.183. The van der Waals surface area contributed by atoms with Crippen molar-refractivity contribution in [1.29, 1.82) is 0 Å². The minimum atomic E-state index is -0.183. The van der Waals surface area contributed by atoms with Gasteiger partial charge in [0.05, 0.1) is 11.2 Å². The lowest BCUT2D eigenvalue weighted by atomic mass is 10.0. The zero-order valence-electron chi connectivity index (χ0n) is 11.0. The van der Waals surface area contributed by atoms with E-state index in [-0.39, 0.29) is 5.78 Å². The number of hydrogen-bond donors (Lipinski definition) is 1. The Morgan fingerprint density at radius 1 is 1.47 bits per heavy atom. The number of carbonyl (C=O) groups is 1. The third-order valence-electron chi connectivity index (χ3n) is 2.90. The van der Waals surface area contributed by atoms with E-state index in [0.29, 0.717) is 28.5 Å². The van der Waals surface area contributed by atoms with E-state index >= 15 is 0 Å². The van der Waals surface area contributed by atoms with Crippen molar-refractivity contribution >= 4 is 23.1 Å². The topological polar surface area (TPSA) is 60.9 Å². The van der Waals surface area contributed by atoms with Crippen LogP contribution in [0.3, 0.4) is 0 Å². The number of rotatable bonds is 4. The average Bonchev–Trinajstić information content (AvgIpc) is 2.73. The van der Waals surface area contributed by atoms with Gasteiger partial charge >= 0.3 is 0 Å². The summed E-state index contributed by atoms with van der Waals surface area (Å²) in [5.41, 5.74) is 8.19. The van der Waals surface area contributed by atoms with Crippen LogP contribution in [-0.2, 0) is 6.54 Å². The van der Waals surface area contributed by atoms with Gasteiger partial charge in [0.25, 0.3) is 0 Å². The summed E-state index contributed by atoms with van der Waals surface area (Å²) in [6.07, 6.45) is 2.37. The number of halogens is 1. The molecular formula is C14H16ClN3O. The van der Waals surface area contributed by atoms with Gasteiger partial charge in [-0.05, 0) is 25.5 Å². The Labute approximate surface area is 117 Å². The molecule has 1 aromatic heterocycles. The summed E-state index contributed by atoms with van der Waals surface area (Å²) in [7, 11) is 0. The number of ketones is 1. The molecule has 0 bridgehead atoms. The molecule has 0 atom stereocenters. The fourth-order valence-electron chi connectivity index (χ4n) is 1.96. The van der Waals surface area contributed by atoms with Gasteiger partial charge in [0.1, 0.15) is 5.69 Å². The highest BCUT2D eigenvalue weighted by atomic mass is 35.5. The Morgan fingerprint density at radius 3 is 2.89 bits per heavy atom. The zero-order chi connectivity index (χ0) is 14.0. The summed E-state index contributed by atoms with van der Waals surface area (Å²) in [5, 5.41) is 4.49. The molecule has 0 spiro atoms. The van der Waals surface area contributed by atoms with Crippen LogP contribution < -0.4 is 5.73 Å². The van der Waals surface area contributed by atoms with E-state index in [1.165, 1.54) is 6.20 Å². The Kier molecular flexibility index (Phi) is 3.90. The van der Waals surface area contributed by atoms with Crippen LogP contribution in [0.4, 0.5) is 5.69 Å². The monoisotopic (exact) mass is 277 g/mol. The molecule has 0 saturated heterocycles. The van der Waals surface area contributed by atoms with Crippen LogP contribution in [0.25, 0.3) is 0 Å². The molecule has 4 nitrogen and oxygen atoms in total. The lowest BCUT2D eigenvalue weighted by Gasteiger charge is -2.09. The van der Waals surface area contributed by atoms with Crippen molar-refractivity contribution in [3.8, 4) is 0 Å². The summed E-state index contributed by atoms with van der Waals surface area (Å²) < 4.78 is 1.63. The number of anilines is 1. The molecule has 1 aromatic carbocycles. The van der Waals surface area contributed by atoms with Gasteiger partial charge in [-0.15, -0.1) is 0 Å². The lowest BCUT2D eigenvalue weighted by Crippen LogP contribution is -2.13. The molecule has 0 saturated carbocycles. The third kappa shape index (κ3) is 2.63. The van der Waals surface area contributed by atoms with Gasteiger partial charge in [-0.25, -0.2) is 0 Å². The van der Waals surface area contributed by atoms with Crippen molar-refractivity contribution in [3.05, 3.63) is 46.2 Å². The first-order chi connectivity index (χ1) is 9.04. The maximum atomic E-state index is 12.6. The second-order valence-corrected chi connectivity index (χ2v) is 4.89. The molecule has 2 rings (SSSR count). The lowest BCUT2D eigenvalue weighted by molar-refractivity contribution is 0.102. The Bertz CT molecular complexity index is 619. The van der Waals surface area contributed by atoms with E-state index in [1.807, 2.05) is 19.9 Å². The van der Waals surface area contributed by atoms with E-state index in [0.717, 1.165) is 12.0 Å². The van der Waals surface area contributed by atoms with Gasteiger partial charge < -0.3 is 5.73 Å². The number of aryl methyl sites for hydroxylation is 2.